The van der Waals surface area contributed by atoms with E-state index in [-0.39, 0.29) is 25.9 Å². The Balaban J connectivity index is 2.01. The first kappa shape index (κ1) is 18.4. The number of rotatable bonds is 3. The summed E-state index contributed by atoms with van der Waals surface area (Å²) in [5, 5.41) is 6.49. The summed E-state index contributed by atoms with van der Waals surface area (Å²) in [6.07, 6.45) is 2.88. The number of hydrogen-bond donors (Lipinski definition) is 1. The first-order valence-corrected chi connectivity index (χ1v) is 8.85. The summed E-state index contributed by atoms with van der Waals surface area (Å²) in [5.41, 5.74) is 0.895. The van der Waals surface area contributed by atoms with Gasteiger partial charge in [-0.2, -0.15) is 5.10 Å². The Morgan fingerprint density at radius 2 is 1.88 bits per heavy atom. The molecule has 0 unspecified atom stereocenters. The highest BCUT2D eigenvalue weighted by molar-refractivity contribution is 9.10. The van der Waals surface area contributed by atoms with Crippen molar-refractivity contribution in [1.29, 1.82) is 0 Å². The van der Waals surface area contributed by atoms with Crippen LogP contribution in [0.25, 0.3) is 5.69 Å². The monoisotopic (exact) mass is 479 g/mol. The SMILES string of the molecule is O=C(Nc1cc(Br)ccc1-n1cncn1)c1nc(Cl)c(Cl)c(Cl)c1Cl. The van der Waals surface area contributed by atoms with E-state index in [1.807, 2.05) is 0 Å². The van der Waals surface area contributed by atoms with Crippen molar-refractivity contribution in [3.63, 3.8) is 0 Å². The standard InChI is InChI=1S/C14H6BrCl4N5O/c15-6-1-2-8(24-5-20-4-21-24)7(3-6)22-14(25)12-10(17)9(16)11(18)13(19)23-12/h1-5H,(H,22,25). The molecule has 0 aliphatic rings. The summed E-state index contributed by atoms with van der Waals surface area (Å²) < 4.78 is 2.25. The Kier molecular flexibility index (Phi) is 5.50. The van der Waals surface area contributed by atoms with E-state index in [0.29, 0.717) is 11.4 Å². The maximum absolute atomic E-state index is 12.6. The second kappa shape index (κ2) is 7.47. The van der Waals surface area contributed by atoms with E-state index >= 15 is 0 Å². The normalized spacial score (nSPS) is 10.8. The smallest absolute Gasteiger partial charge is 0.275 e. The molecule has 0 fully saturated rings. The van der Waals surface area contributed by atoms with Gasteiger partial charge in [-0.1, -0.05) is 62.3 Å². The minimum Gasteiger partial charge on any atom is -0.319 e. The van der Waals surface area contributed by atoms with Crippen molar-refractivity contribution in [2.24, 2.45) is 0 Å². The number of anilines is 1. The molecule has 3 aromatic rings. The number of aromatic nitrogens is 4. The summed E-state index contributed by atoms with van der Waals surface area (Å²) >= 11 is 27.1. The van der Waals surface area contributed by atoms with Crippen LogP contribution in [0.3, 0.4) is 0 Å². The largest absolute Gasteiger partial charge is 0.319 e. The Hall–Kier alpha value is -1.38. The second-order valence-corrected chi connectivity index (χ2v) is 7.06. The lowest BCUT2D eigenvalue weighted by atomic mass is 10.2. The highest BCUT2D eigenvalue weighted by Gasteiger charge is 2.21. The topological polar surface area (TPSA) is 72.7 Å². The van der Waals surface area contributed by atoms with E-state index in [2.05, 4.69) is 36.3 Å². The van der Waals surface area contributed by atoms with E-state index in [9.17, 15) is 4.79 Å². The molecule has 11 heteroatoms. The van der Waals surface area contributed by atoms with E-state index in [4.69, 9.17) is 46.4 Å². The summed E-state index contributed by atoms with van der Waals surface area (Å²) in [6, 6.07) is 5.25. The van der Waals surface area contributed by atoms with Crippen LogP contribution in [0.5, 0.6) is 0 Å². The molecule has 6 nitrogen and oxygen atoms in total. The van der Waals surface area contributed by atoms with Crippen molar-refractivity contribution in [2.75, 3.05) is 5.32 Å². The molecule has 128 valence electrons. The number of halogens is 5. The molecule has 0 spiro atoms. The molecule has 25 heavy (non-hydrogen) atoms. The van der Waals surface area contributed by atoms with E-state index in [0.717, 1.165) is 4.47 Å². The molecule has 0 radical (unpaired) electrons. The van der Waals surface area contributed by atoms with Crippen LogP contribution in [-0.2, 0) is 0 Å². The number of benzene rings is 1. The maximum atomic E-state index is 12.6. The van der Waals surface area contributed by atoms with Crippen molar-refractivity contribution < 1.29 is 4.79 Å². The van der Waals surface area contributed by atoms with Gasteiger partial charge >= 0.3 is 0 Å². The van der Waals surface area contributed by atoms with Gasteiger partial charge in [0.2, 0.25) is 0 Å². The van der Waals surface area contributed by atoms with Crippen LogP contribution in [0, 0.1) is 0 Å². The zero-order valence-electron chi connectivity index (χ0n) is 12.0. The summed E-state index contributed by atoms with van der Waals surface area (Å²) in [6.45, 7) is 0. The van der Waals surface area contributed by atoms with Crippen molar-refractivity contribution in [3.8, 4) is 5.69 Å². The Morgan fingerprint density at radius 1 is 1.12 bits per heavy atom. The fourth-order valence-electron chi connectivity index (χ4n) is 1.96. The third-order valence-corrected chi connectivity index (χ3v) is 5.24. The van der Waals surface area contributed by atoms with Crippen LogP contribution in [-0.4, -0.2) is 25.7 Å². The van der Waals surface area contributed by atoms with Crippen LogP contribution in [0.4, 0.5) is 5.69 Å². The van der Waals surface area contributed by atoms with Gasteiger partial charge in [0.1, 0.15) is 23.5 Å². The molecule has 0 atom stereocenters. The molecule has 2 heterocycles. The number of carbonyl (C=O) groups excluding carboxylic acids is 1. The van der Waals surface area contributed by atoms with Gasteiger partial charge in [0.05, 0.1) is 26.4 Å². The van der Waals surface area contributed by atoms with Crippen molar-refractivity contribution in [3.05, 3.63) is 61.2 Å². The zero-order valence-corrected chi connectivity index (χ0v) is 16.6. The number of nitrogens with zero attached hydrogens (tertiary/aromatic N) is 4. The van der Waals surface area contributed by atoms with E-state index in [1.54, 1.807) is 18.2 Å². The highest BCUT2D eigenvalue weighted by Crippen LogP contribution is 2.36. The van der Waals surface area contributed by atoms with Gasteiger partial charge in [-0.25, -0.2) is 14.6 Å². The molecule has 3 rings (SSSR count). The summed E-state index contributed by atoms with van der Waals surface area (Å²) in [4.78, 5) is 20.4. The molecule has 0 saturated carbocycles. The lowest BCUT2D eigenvalue weighted by Crippen LogP contribution is -2.16. The second-order valence-electron chi connectivity index (χ2n) is 4.65. The fourth-order valence-corrected chi connectivity index (χ4v) is 3.14. The first-order chi connectivity index (χ1) is 11.9. The van der Waals surface area contributed by atoms with Crippen molar-refractivity contribution >= 4 is 73.9 Å². The number of amides is 1. The maximum Gasteiger partial charge on any atom is 0.275 e. The molecule has 0 saturated heterocycles. The molecule has 1 N–H and O–H groups in total. The van der Waals surface area contributed by atoms with E-state index < -0.39 is 5.91 Å². The number of carbonyl (C=O) groups is 1. The predicted molar refractivity (Wildman–Crippen MR) is 101 cm³/mol. The highest BCUT2D eigenvalue weighted by atomic mass is 79.9. The van der Waals surface area contributed by atoms with Gasteiger partial charge in [0.25, 0.3) is 5.91 Å². The average molecular weight is 482 g/mol. The minimum atomic E-state index is -0.607. The third kappa shape index (κ3) is 3.75. The van der Waals surface area contributed by atoms with Crippen LogP contribution in [0.1, 0.15) is 10.5 Å². The molecule has 1 amide bonds. The van der Waals surface area contributed by atoms with Crippen LogP contribution < -0.4 is 5.32 Å². The number of hydrogen-bond acceptors (Lipinski definition) is 4. The van der Waals surface area contributed by atoms with Crippen LogP contribution in [0.15, 0.2) is 35.3 Å². The molecular formula is C14H6BrCl4N5O. The summed E-state index contributed by atoms with van der Waals surface area (Å²) in [5.74, 6) is -0.607. The van der Waals surface area contributed by atoms with Crippen molar-refractivity contribution in [2.45, 2.75) is 0 Å². The lowest BCUT2D eigenvalue weighted by Gasteiger charge is -2.12. The molecule has 0 aliphatic carbocycles. The van der Waals surface area contributed by atoms with Crippen molar-refractivity contribution in [1.82, 2.24) is 19.7 Å². The van der Waals surface area contributed by atoms with Crippen LogP contribution >= 0.6 is 62.3 Å². The number of pyridine rings is 1. The Morgan fingerprint density at radius 3 is 2.56 bits per heavy atom. The molecule has 2 aromatic heterocycles. The van der Waals surface area contributed by atoms with Gasteiger partial charge in [0, 0.05) is 4.47 Å². The Bertz CT molecular complexity index is 964. The predicted octanol–water partition coefficient (Wildman–Crippen LogP) is 5.29. The fraction of sp³-hybridized carbons (Fsp3) is 0. The van der Waals surface area contributed by atoms with Gasteiger partial charge in [-0.05, 0) is 18.2 Å². The zero-order chi connectivity index (χ0) is 18.1. The molecule has 0 bridgehead atoms. The lowest BCUT2D eigenvalue weighted by molar-refractivity contribution is 0.102. The molecule has 1 aromatic carbocycles. The summed E-state index contributed by atoms with van der Waals surface area (Å²) in [7, 11) is 0. The molecule has 0 aliphatic heterocycles. The van der Waals surface area contributed by atoms with Gasteiger partial charge < -0.3 is 5.32 Å². The van der Waals surface area contributed by atoms with Crippen LogP contribution in [0.2, 0.25) is 20.2 Å². The van der Waals surface area contributed by atoms with E-state index in [1.165, 1.54) is 17.3 Å². The number of nitrogens with one attached hydrogen (secondary N) is 1. The third-order valence-electron chi connectivity index (χ3n) is 3.07. The van der Waals surface area contributed by atoms with Gasteiger partial charge in [-0.15, -0.1) is 0 Å². The van der Waals surface area contributed by atoms with Gasteiger partial charge in [-0.3, -0.25) is 4.79 Å². The minimum absolute atomic E-state index is 0.0179. The average Bonchev–Trinajstić information content (AvgIpc) is 3.10. The van der Waals surface area contributed by atoms with Gasteiger partial charge in [0.15, 0.2) is 0 Å². The molecular weight excluding hydrogens is 476 g/mol. The first-order valence-electron chi connectivity index (χ1n) is 6.54. The quantitative estimate of drug-likeness (QED) is 0.516. The Labute approximate surface area is 170 Å².